The van der Waals surface area contributed by atoms with E-state index in [0.717, 1.165) is 22.3 Å². The molecule has 0 unspecified atom stereocenters. The summed E-state index contributed by atoms with van der Waals surface area (Å²) in [6.45, 7) is 7.07. The van der Waals surface area contributed by atoms with Crippen molar-refractivity contribution in [2.75, 3.05) is 6.54 Å². The summed E-state index contributed by atoms with van der Waals surface area (Å²) in [5, 5.41) is 2.98. The van der Waals surface area contributed by atoms with E-state index in [1.807, 2.05) is 34.9 Å². The van der Waals surface area contributed by atoms with Gasteiger partial charge in [0.2, 0.25) is 0 Å². The van der Waals surface area contributed by atoms with Crippen molar-refractivity contribution in [2.24, 2.45) is 0 Å². The van der Waals surface area contributed by atoms with Crippen LogP contribution in [0, 0.1) is 6.92 Å². The maximum atomic E-state index is 12.5. The van der Waals surface area contributed by atoms with Crippen molar-refractivity contribution in [3.63, 3.8) is 0 Å². The predicted molar refractivity (Wildman–Crippen MR) is 95.0 cm³/mol. The molecule has 0 saturated heterocycles. The molecule has 0 fully saturated rings. The number of rotatable bonds is 6. The summed E-state index contributed by atoms with van der Waals surface area (Å²) in [5.41, 5.74) is 2.76. The fourth-order valence-corrected chi connectivity index (χ4v) is 3.58. The fourth-order valence-electron chi connectivity index (χ4n) is 2.62. The second kappa shape index (κ2) is 6.79. The first-order chi connectivity index (χ1) is 11.2. The molecular weight excluding hydrogens is 306 g/mol. The quantitative estimate of drug-likeness (QED) is 0.704. The minimum absolute atomic E-state index is 0.0520. The molecule has 0 radical (unpaired) electrons. The third-order valence-corrected chi connectivity index (χ3v) is 4.64. The van der Waals surface area contributed by atoms with Gasteiger partial charge in [-0.1, -0.05) is 12.1 Å². The standard InChI is InChI=1S/C18H19N3OS/c1-3-10-21-15-11-13(2)23-17(15)12-16(21)18(22)20-9-7-14-6-4-5-8-19-14/h3-6,8,11-12H,1,7,9-10H2,2H3,(H,20,22). The third kappa shape index (κ3) is 3.35. The molecular formula is C18H19N3OS. The number of fused-ring (bicyclic) bond motifs is 1. The minimum atomic E-state index is -0.0520. The van der Waals surface area contributed by atoms with Crippen molar-refractivity contribution in [1.82, 2.24) is 14.9 Å². The number of aromatic nitrogens is 2. The molecule has 0 aliphatic heterocycles. The van der Waals surface area contributed by atoms with Gasteiger partial charge < -0.3 is 9.88 Å². The summed E-state index contributed by atoms with van der Waals surface area (Å²) in [6.07, 6.45) is 4.31. The van der Waals surface area contributed by atoms with Gasteiger partial charge in [0.05, 0.1) is 10.2 Å². The molecule has 3 rings (SSSR count). The lowest BCUT2D eigenvalue weighted by atomic mass is 10.2. The molecule has 1 amide bonds. The van der Waals surface area contributed by atoms with Gasteiger partial charge in [0.25, 0.3) is 5.91 Å². The molecule has 0 bridgehead atoms. The second-order valence-corrected chi connectivity index (χ2v) is 6.65. The summed E-state index contributed by atoms with van der Waals surface area (Å²) >= 11 is 1.71. The van der Waals surface area contributed by atoms with E-state index in [1.165, 1.54) is 4.88 Å². The number of pyridine rings is 1. The van der Waals surface area contributed by atoms with Crippen LogP contribution in [0.4, 0.5) is 0 Å². The Kier molecular flexibility index (Phi) is 4.57. The smallest absolute Gasteiger partial charge is 0.267 e. The monoisotopic (exact) mass is 325 g/mol. The Hall–Kier alpha value is -2.40. The van der Waals surface area contributed by atoms with Crippen LogP contribution in [0.3, 0.4) is 0 Å². The van der Waals surface area contributed by atoms with Crippen LogP contribution in [0.2, 0.25) is 0 Å². The molecule has 3 aromatic rings. The molecule has 3 aromatic heterocycles. The SMILES string of the molecule is C=CCn1c(C(=O)NCCc2ccccn2)cc2sc(C)cc21. The number of allylic oxidation sites excluding steroid dienone is 1. The fraction of sp³-hybridized carbons (Fsp3) is 0.222. The number of carbonyl (C=O) groups excluding carboxylic acids is 1. The van der Waals surface area contributed by atoms with Crippen LogP contribution < -0.4 is 5.32 Å². The average Bonchev–Trinajstić information content (AvgIpc) is 3.06. The van der Waals surface area contributed by atoms with Gasteiger partial charge in [-0.05, 0) is 31.2 Å². The highest BCUT2D eigenvalue weighted by Gasteiger charge is 2.16. The summed E-state index contributed by atoms with van der Waals surface area (Å²) in [7, 11) is 0. The van der Waals surface area contributed by atoms with Crippen molar-refractivity contribution in [2.45, 2.75) is 19.9 Å². The molecule has 0 aliphatic rings. The van der Waals surface area contributed by atoms with Gasteiger partial charge in [-0.25, -0.2) is 0 Å². The minimum Gasteiger partial charge on any atom is -0.350 e. The van der Waals surface area contributed by atoms with E-state index < -0.39 is 0 Å². The first-order valence-electron chi connectivity index (χ1n) is 7.57. The van der Waals surface area contributed by atoms with Crippen LogP contribution in [0.15, 0.2) is 49.2 Å². The Morgan fingerprint density at radius 1 is 1.43 bits per heavy atom. The number of hydrogen-bond donors (Lipinski definition) is 1. The molecule has 23 heavy (non-hydrogen) atoms. The maximum absolute atomic E-state index is 12.5. The van der Waals surface area contributed by atoms with Crippen molar-refractivity contribution in [3.8, 4) is 0 Å². The molecule has 0 aliphatic carbocycles. The first kappa shape index (κ1) is 15.5. The Morgan fingerprint density at radius 2 is 2.30 bits per heavy atom. The topological polar surface area (TPSA) is 46.9 Å². The number of aryl methyl sites for hydroxylation is 1. The van der Waals surface area contributed by atoms with Crippen LogP contribution in [-0.4, -0.2) is 22.0 Å². The average molecular weight is 325 g/mol. The first-order valence-corrected chi connectivity index (χ1v) is 8.39. The van der Waals surface area contributed by atoms with Gasteiger partial charge in [-0.15, -0.1) is 17.9 Å². The summed E-state index contributed by atoms with van der Waals surface area (Å²) in [4.78, 5) is 18.0. The highest BCUT2D eigenvalue weighted by Crippen LogP contribution is 2.28. The van der Waals surface area contributed by atoms with Gasteiger partial charge in [0.15, 0.2) is 0 Å². The lowest BCUT2D eigenvalue weighted by Gasteiger charge is -2.08. The van der Waals surface area contributed by atoms with E-state index in [1.54, 1.807) is 17.5 Å². The number of nitrogens with one attached hydrogen (secondary N) is 1. The molecule has 3 heterocycles. The lowest BCUT2D eigenvalue weighted by molar-refractivity contribution is 0.0946. The van der Waals surface area contributed by atoms with Crippen molar-refractivity contribution in [3.05, 3.63) is 65.4 Å². The highest BCUT2D eigenvalue weighted by molar-refractivity contribution is 7.19. The van der Waals surface area contributed by atoms with E-state index in [2.05, 4.69) is 29.9 Å². The van der Waals surface area contributed by atoms with E-state index in [9.17, 15) is 4.79 Å². The van der Waals surface area contributed by atoms with Crippen LogP contribution in [-0.2, 0) is 13.0 Å². The van der Waals surface area contributed by atoms with E-state index >= 15 is 0 Å². The second-order valence-electron chi connectivity index (χ2n) is 5.36. The molecule has 4 nitrogen and oxygen atoms in total. The van der Waals surface area contributed by atoms with Gasteiger partial charge in [0.1, 0.15) is 5.69 Å². The zero-order chi connectivity index (χ0) is 16.2. The van der Waals surface area contributed by atoms with Crippen LogP contribution >= 0.6 is 11.3 Å². The molecule has 118 valence electrons. The van der Waals surface area contributed by atoms with Crippen LogP contribution in [0.1, 0.15) is 21.1 Å². The van der Waals surface area contributed by atoms with Crippen LogP contribution in [0.5, 0.6) is 0 Å². The largest absolute Gasteiger partial charge is 0.350 e. The van der Waals surface area contributed by atoms with Crippen molar-refractivity contribution >= 4 is 27.5 Å². The number of nitrogens with zero attached hydrogens (tertiary/aromatic N) is 2. The summed E-state index contributed by atoms with van der Waals surface area (Å²) < 4.78 is 3.15. The van der Waals surface area contributed by atoms with Gasteiger partial charge in [-0.2, -0.15) is 0 Å². The molecule has 0 spiro atoms. The van der Waals surface area contributed by atoms with Gasteiger partial charge >= 0.3 is 0 Å². The number of carbonyl (C=O) groups is 1. The lowest BCUT2D eigenvalue weighted by Crippen LogP contribution is -2.28. The maximum Gasteiger partial charge on any atom is 0.267 e. The Bertz CT molecular complexity index is 833. The molecule has 0 aromatic carbocycles. The predicted octanol–water partition coefficient (Wildman–Crippen LogP) is 3.56. The Labute approximate surface area is 139 Å². The third-order valence-electron chi connectivity index (χ3n) is 3.65. The van der Waals surface area contributed by atoms with E-state index in [4.69, 9.17) is 0 Å². The number of hydrogen-bond acceptors (Lipinski definition) is 3. The van der Waals surface area contributed by atoms with Gasteiger partial charge in [0, 0.05) is 36.3 Å². The molecule has 0 atom stereocenters. The summed E-state index contributed by atoms with van der Waals surface area (Å²) in [5.74, 6) is -0.0520. The van der Waals surface area contributed by atoms with Crippen molar-refractivity contribution in [1.29, 1.82) is 0 Å². The zero-order valence-corrected chi connectivity index (χ0v) is 13.9. The summed E-state index contributed by atoms with van der Waals surface area (Å²) in [6, 6.07) is 9.89. The Balaban J connectivity index is 1.73. The molecule has 0 saturated carbocycles. The normalized spacial score (nSPS) is 10.8. The Morgan fingerprint density at radius 3 is 3.04 bits per heavy atom. The van der Waals surface area contributed by atoms with Crippen LogP contribution in [0.25, 0.3) is 10.2 Å². The van der Waals surface area contributed by atoms with Crippen molar-refractivity contribution < 1.29 is 4.79 Å². The van der Waals surface area contributed by atoms with Gasteiger partial charge in [-0.3, -0.25) is 9.78 Å². The molecule has 1 N–H and O–H groups in total. The van der Waals surface area contributed by atoms with E-state index in [0.29, 0.717) is 18.8 Å². The highest BCUT2D eigenvalue weighted by atomic mass is 32.1. The molecule has 5 heteroatoms. The number of thiophene rings is 1. The zero-order valence-electron chi connectivity index (χ0n) is 13.1. The number of amides is 1. The van der Waals surface area contributed by atoms with E-state index in [-0.39, 0.29) is 5.91 Å².